The van der Waals surface area contributed by atoms with Crippen LogP contribution in [0.15, 0.2) is 168 Å². The number of para-hydroxylation sites is 3. The first kappa shape index (κ1) is 29.9. The van der Waals surface area contributed by atoms with E-state index in [0.717, 1.165) is 49.7 Å². The Balaban J connectivity index is 1.15. The van der Waals surface area contributed by atoms with Crippen LogP contribution in [0.4, 0.5) is 0 Å². The summed E-state index contributed by atoms with van der Waals surface area (Å²) >= 11 is 1.83. The van der Waals surface area contributed by atoms with E-state index in [1.807, 2.05) is 17.4 Å². The normalized spacial score (nSPS) is 12.6. The molecule has 0 saturated heterocycles. The van der Waals surface area contributed by atoms with E-state index in [0.29, 0.717) is 5.95 Å². The number of benzene rings is 10. The Bertz CT molecular complexity index is 4060. The molecule has 4 nitrogen and oxygen atoms in total. The third-order valence-electron chi connectivity index (χ3n) is 12.3. The van der Waals surface area contributed by atoms with Crippen molar-refractivity contribution in [3.05, 3.63) is 164 Å². The fourth-order valence-corrected chi connectivity index (χ4v) is 11.2. The van der Waals surface area contributed by atoms with Gasteiger partial charge in [0.15, 0.2) is 0 Å². The van der Waals surface area contributed by atoms with Crippen LogP contribution in [-0.2, 0) is 0 Å². The van der Waals surface area contributed by atoms with E-state index < -0.39 is 0 Å². The van der Waals surface area contributed by atoms with Crippen molar-refractivity contribution in [1.82, 2.24) is 14.5 Å². The molecular weight excluding hydrogens is 715 g/mol. The number of aromatic nitrogens is 3. The number of hydrogen-bond donors (Lipinski definition) is 0. The molecule has 0 radical (unpaired) electrons. The molecule has 262 valence electrons. The smallest absolute Gasteiger partial charge is 0.235 e. The van der Waals surface area contributed by atoms with E-state index in [1.165, 1.54) is 79.4 Å². The number of hydrogen-bond acceptors (Lipinski definition) is 4. The molecule has 4 aromatic heterocycles. The number of fused-ring (bicyclic) bond motifs is 14. The van der Waals surface area contributed by atoms with Crippen LogP contribution < -0.4 is 0 Å². The maximum atomic E-state index is 6.60. The molecule has 14 aromatic rings. The van der Waals surface area contributed by atoms with Gasteiger partial charge in [-0.05, 0) is 79.5 Å². The summed E-state index contributed by atoms with van der Waals surface area (Å²) in [5.41, 5.74) is 6.94. The molecule has 57 heavy (non-hydrogen) atoms. The lowest BCUT2D eigenvalue weighted by Gasteiger charge is -2.16. The van der Waals surface area contributed by atoms with Crippen molar-refractivity contribution in [1.29, 1.82) is 0 Å². The van der Waals surface area contributed by atoms with Crippen molar-refractivity contribution in [2.45, 2.75) is 0 Å². The van der Waals surface area contributed by atoms with Crippen molar-refractivity contribution < 1.29 is 4.42 Å². The SMILES string of the molecule is c1ccc2c(-c3cccc4c3sc3ccccc34)nc(-n3c4ccccc4c4c5cccc6c7cccc8c9c(cc(c(cc43)c65)c78)oc3ccccc39)nc2c1. The van der Waals surface area contributed by atoms with Gasteiger partial charge in [-0.25, -0.2) is 9.97 Å². The molecular formula is C52H27N3OS. The monoisotopic (exact) mass is 741 g/mol. The Morgan fingerprint density at radius 2 is 1.04 bits per heavy atom. The van der Waals surface area contributed by atoms with E-state index in [1.54, 1.807) is 0 Å². The molecule has 0 aliphatic heterocycles. The van der Waals surface area contributed by atoms with Gasteiger partial charge in [0.05, 0.1) is 22.2 Å². The molecule has 0 saturated carbocycles. The molecule has 5 heteroatoms. The molecule has 0 spiro atoms. The lowest BCUT2D eigenvalue weighted by Crippen LogP contribution is -2.03. The van der Waals surface area contributed by atoms with E-state index >= 15 is 0 Å². The highest BCUT2D eigenvalue weighted by Crippen LogP contribution is 2.49. The summed E-state index contributed by atoms with van der Waals surface area (Å²) < 4.78 is 11.4. The zero-order valence-electron chi connectivity index (χ0n) is 30.2. The van der Waals surface area contributed by atoms with Gasteiger partial charge < -0.3 is 4.42 Å². The standard InChI is InChI=1S/C52H27N3OS/c1-5-22-40-32(13-1)50(37-21-11-18-31-28-12-4-8-25-45(28)57-51(31)37)54-52(53-40)55-41-23-6-2-14-33(41)48-35-19-9-16-29-30-17-10-20-36-47(30)39(38(46(29)35)26-42(48)55)27-44-49(36)34-15-3-7-24-43(34)56-44/h1-27H. The Morgan fingerprint density at radius 3 is 1.89 bits per heavy atom. The Kier molecular flexibility index (Phi) is 5.62. The molecule has 0 atom stereocenters. The molecule has 0 aliphatic carbocycles. The minimum atomic E-state index is 0.657. The molecule has 0 aliphatic rings. The number of nitrogens with zero attached hydrogens (tertiary/aromatic N) is 3. The minimum Gasteiger partial charge on any atom is -0.456 e. The van der Waals surface area contributed by atoms with Crippen LogP contribution in [0, 0.1) is 0 Å². The predicted molar refractivity (Wildman–Crippen MR) is 241 cm³/mol. The van der Waals surface area contributed by atoms with Crippen LogP contribution in [0.3, 0.4) is 0 Å². The lowest BCUT2D eigenvalue weighted by molar-refractivity contribution is 0.669. The second-order valence-corrected chi connectivity index (χ2v) is 16.2. The van der Waals surface area contributed by atoms with E-state index in [4.69, 9.17) is 14.4 Å². The Hall–Kier alpha value is -7.34. The quantitative estimate of drug-likeness (QED) is 0.131. The molecule has 10 aromatic carbocycles. The first-order valence-corrected chi connectivity index (χ1v) is 20.1. The summed E-state index contributed by atoms with van der Waals surface area (Å²) in [6.45, 7) is 0. The van der Waals surface area contributed by atoms with Crippen molar-refractivity contribution in [3.63, 3.8) is 0 Å². The molecule has 0 bridgehead atoms. The second-order valence-electron chi connectivity index (χ2n) is 15.2. The van der Waals surface area contributed by atoms with Gasteiger partial charge in [-0.15, -0.1) is 11.3 Å². The topological polar surface area (TPSA) is 43.9 Å². The maximum Gasteiger partial charge on any atom is 0.235 e. The zero-order chi connectivity index (χ0) is 36.9. The fraction of sp³-hybridized carbons (Fsp3) is 0. The predicted octanol–water partition coefficient (Wildman–Crippen LogP) is 14.7. The first-order chi connectivity index (χ1) is 28.3. The molecule has 4 heterocycles. The lowest BCUT2D eigenvalue weighted by atomic mass is 9.87. The first-order valence-electron chi connectivity index (χ1n) is 19.3. The molecule has 0 N–H and O–H groups in total. The highest BCUT2D eigenvalue weighted by atomic mass is 32.1. The zero-order valence-corrected chi connectivity index (χ0v) is 31.1. The molecule has 14 rings (SSSR count). The van der Waals surface area contributed by atoms with Crippen LogP contribution in [0.25, 0.3) is 135 Å². The second kappa shape index (κ2) is 10.7. The summed E-state index contributed by atoms with van der Waals surface area (Å²) in [5.74, 6) is 0.657. The third kappa shape index (κ3) is 3.81. The highest BCUT2D eigenvalue weighted by Gasteiger charge is 2.24. The molecule has 0 amide bonds. The van der Waals surface area contributed by atoms with Crippen molar-refractivity contribution in [2.24, 2.45) is 0 Å². The van der Waals surface area contributed by atoms with Gasteiger partial charge in [0.2, 0.25) is 5.95 Å². The largest absolute Gasteiger partial charge is 0.456 e. The van der Waals surface area contributed by atoms with E-state index in [9.17, 15) is 0 Å². The summed E-state index contributed by atoms with van der Waals surface area (Å²) in [5, 5.41) is 18.1. The number of furan rings is 1. The van der Waals surface area contributed by atoms with Gasteiger partial charge in [0, 0.05) is 52.7 Å². The van der Waals surface area contributed by atoms with Gasteiger partial charge in [-0.3, -0.25) is 4.57 Å². The van der Waals surface area contributed by atoms with Crippen LogP contribution >= 0.6 is 11.3 Å². The van der Waals surface area contributed by atoms with Crippen LogP contribution in [0.2, 0.25) is 0 Å². The van der Waals surface area contributed by atoms with Crippen LogP contribution in [-0.4, -0.2) is 14.5 Å². The van der Waals surface area contributed by atoms with E-state index in [2.05, 4.69) is 162 Å². The Morgan fingerprint density at radius 1 is 0.404 bits per heavy atom. The summed E-state index contributed by atoms with van der Waals surface area (Å²) in [4.78, 5) is 11.0. The average molecular weight is 742 g/mol. The van der Waals surface area contributed by atoms with Gasteiger partial charge in [0.1, 0.15) is 11.2 Å². The maximum absolute atomic E-state index is 6.60. The number of rotatable bonds is 2. The summed E-state index contributed by atoms with van der Waals surface area (Å²) in [7, 11) is 0. The van der Waals surface area contributed by atoms with Crippen LogP contribution in [0.5, 0.6) is 0 Å². The van der Waals surface area contributed by atoms with Crippen molar-refractivity contribution in [3.8, 4) is 17.2 Å². The van der Waals surface area contributed by atoms with E-state index in [-0.39, 0.29) is 0 Å². The van der Waals surface area contributed by atoms with Gasteiger partial charge >= 0.3 is 0 Å². The molecule has 0 fully saturated rings. The van der Waals surface area contributed by atoms with Gasteiger partial charge in [0.25, 0.3) is 0 Å². The fourth-order valence-electron chi connectivity index (χ4n) is 10.0. The van der Waals surface area contributed by atoms with Crippen LogP contribution in [0.1, 0.15) is 0 Å². The summed E-state index contributed by atoms with van der Waals surface area (Å²) in [6.07, 6.45) is 0. The third-order valence-corrected chi connectivity index (χ3v) is 13.5. The average Bonchev–Trinajstić information content (AvgIpc) is 3.94. The van der Waals surface area contributed by atoms with Crippen molar-refractivity contribution in [2.75, 3.05) is 0 Å². The van der Waals surface area contributed by atoms with Crippen molar-refractivity contribution >= 4 is 129 Å². The minimum absolute atomic E-state index is 0.657. The highest BCUT2D eigenvalue weighted by molar-refractivity contribution is 7.26. The number of thiophene rings is 1. The molecule has 0 unspecified atom stereocenters. The van der Waals surface area contributed by atoms with Gasteiger partial charge in [-0.1, -0.05) is 127 Å². The Labute approximate surface area is 327 Å². The van der Waals surface area contributed by atoms with Gasteiger partial charge in [-0.2, -0.15) is 0 Å². The summed E-state index contributed by atoms with van der Waals surface area (Å²) in [6, 6.07) is 59.1.